The number of aryl methyl sites for hydroxylation is 1. The Bertz CT molecular complexity index is 528. The predicted molar refractivity (Wildman–Crippen MR) is 70.3 cm³/mol. The smallest absolute Gasteiger partial charge is 0.247 e. The molecule has 0 saturated carbocycles. The van der Waals surface area contributed by atoms with Crippen molar-refractivity contribution in [1.82, 2.24) is 5.32 Å². The molecule has 1 aliphatic rings. The number of nitrogens with zero attached hydrogens (tertiary/aromatic N) is 1. The van der Waals surface area contributed by atoms with E-state index in [0.29, 0.717) is 0 Å². The molecule has 1 unspecified atom stereocenters. The molecule has 4 nitrogen and oxygen atoms in total. The number of rotatable bonds is 2. The molecule has 2 rings (SSSR count). The van der Waals surface area contributed by atoms with Crippen LogP contribution in [-0.2, 0) is 9.59 Å². The van der Waals surface area contributed by atoms with Crippen molar-refractivity contribution in [2.75, 3.05) is 11.4 Å². The Morgan fingerprint density at radius 1 is 1.37 bits per heavy atom. The van der Waals surface area contributed by atoms with E-state index in [1.165, 1.54) is 11.0 Å². The number of halogens is 1. The monoisotopic (exact) mass is 264 g/mol. The highest BCUT2D eigenvalue weighted by Gasteiger charge is 2.38. The Morgan fingerprint density at radius 3 is 2.68 bits per heavy atom. The van der Waals surface area contributed by atoms with E-state index in [9.17, 15) is 14.0 Å². The summed E-state index contributed by atoms with van der Waals surface area (Å²) in [6.07, 6.45) is 0. The van der Waals surface area contributed by atoms with Gasteiger partial charge in [0.25, 0.3) is 0 Å². The normalized spacial score (nSPS) is 19.8. The fraction of sp³-hybridized carbons (Fsp3) is 0.429. The van der Waals surface area contributed by atoms with E-state index in [0.717, 1.165) is 5.56 Å². The van der Waals surface area contributed by atoms with Crippen molar-refractivity contribution in [2.45, 2.75) is 26.8 Å². The number of nitrogens with one attached hydrogen (secondary N) is 1. The Kier molecular flexibility index (Phi) is 3.55. The van der Waals surface area contributed by atoms with Gasteiger partial charge in [-0.05, 0) is 30.5 Å². The van der Waals surface area contributed by atoms with E-state index < -0.39 is 11.9 Å². The summed E-state index contributed by atoms with van der Waals surface area (Å²) in [4.78, 5) is 25.3. The lowest BCUT2D eigenvalue weighted by Crippen LogP contribution is -2.60. The highest BCUT2D eigenvalue weighted by Crippen LogP contribution is 2.27. The molecule has 5 heteroatoms. The summed E-state index contributed by atoms with van der Waals surface area (Å²) in [5.74, 6) is -1.11. The minimum atomic E-state index is -0.669. The molecule has 0 aliphatic carbocycles. The van der Waals surface area contributed by atoms with Crippen LogP contribution in [0.4, 0.5) is 10.1 Å². The highest BCUT2D eigenvalue weighted by atomic mass is 19.1. The lowest BCUT2D eigenvalue weighted by Gasteiger charge is -2.37. The van der Waals surface area contributed by atoms with Crippen molar-refractivity contribution in [3.63, 3.8) is 0 Å². The second-order valence-corrected chi connectivity index (χ2v) is 5.13. The fourth-order valence-corrected chi connectivity index (χ4v) is 2.32. The maximum absolute atomic E-state index is 14.0. The third-order valence-corrected chi connectivity index (χ3v) is 3.22. The molecule has 19 heavy (non-hydrogen) atoms. The zero-order valence-electron chi connectivity index (χ0n) is 11.2. The molecule has 1 aliphatic heterocycles. The lowest BCUT2D eigenvalue weighted by molar-refractivity contribution is -0.131. The molecule has 1 saturated heterocycles. The summed E-state index contributed by atoms with van der Waals surface area (Å²) in [6.45, 7) is 5.41. The zero-order valence-corrected chi connectivity index (χ0v) is 11.2. The molecule has 1 atom stereocenters. The lowest BCUT2D eigenvalue weighted by atomic mass is 9.98. The molecule has 1 N–H and O–H groups in total. The number of amides is 2. The van der Waals surface area contributed by atoms with Crippen LogP contribution < -0.4 is 10.2 Å². The highest BCUT2D eigenvalue weighted by molar-refractivity contribution is 6.06. The van der Waals surface area contributed by atoms with Crippen LogP contribution in [0.15, 0.2) is 18.2 Å². The number of piperazine rings is 1. The number of benzene rings is 1. The number of hydrogen-bond acceptors (Lipinski definition) is 2. The SMILES string of the molecule is Cc1ccc(F)c(N2C(=O)CNC(=O)C2C(C)C)c1. The summed E-state index contributed by atoms with van der Waals surface area (Å²) in [6, 6.07) is 3.89. The van der Waals surface area contributed by atoms with Gasteiger partial charge in [0.2, 0.25) is 11.8 Å². The van der Waals surface area contributed by atoms with Gasteiger partial charge >= 0.3 is 0 Å². The Morgan fingerprint density at radius 2 is 2.05 bits per heavy atom. The molecule has 0 spiro atoms. The molecule has 1 heterocycles. The van der Waals surface area contributed by atoms with Gasteiger partial charge in [0.1, 0.15) is 11.9 Å². The minimum Gasteiger partial charge on any atom is -0.345 e. The average molecular weight is 264 g/mol. The molecule has 1 fully saturated rings. The quantitative estimate of drug-likeness (QED) is 0.882. The van der Waals surface area contributed by atoms with Crippen molar-refractivity contribution in [3.8, 4) is 0 Å². The van der Waals surface area contributed by atoms with Gasteiger partial charge in [0.05, 0.1) is 12.2 Å². The Labute approximate surface area is 111 Å². The third-order valence-electron chi connectivity index (χ3n) is 3.22. The molecular weight excluding hydrogens is 247 g/mol. The molecule has 0 radical (unpaired) electrons. The number of carbonyl (C=O) groups is 2. The van der Waals surface area contributed by atoms with Crippen LogP contribution in [0.3, 0.4) is 0 Å². The summed E-state index contributed by atoms with van der Waals surface area (Å²) >= 11 is 0. The van der Waals surface area contributed by atoms with E-state index >= 15 is 0 Å². The molecule has 102 valence electrons. The van der Waals surface area contributed by atoms with E-state index in [2.05, 4.69) is 5.32 Å². The van der Waals surface area contributed by atoms with E-state index in [1.54, 1.807) is 12.1 Å². The van der Waals surface area contributed by atoms with E-state index in [1.807, 2.05) is 20.8 Å². The molecule has 1 aromatic rings. The standard InChI is InChI=1S/C14H17FN2O2/c1-8(2)13-14(19)16-7-12(18)17(13)11-6-9(3)4-5-10(11)15/h4-6,8,13H,7H2,1-3H3,(H,16,19). The van der Waals surface area contributed by atoms with Gasteiger partial charge in [-0.3, -0.25) is 14.5 Å². The largest absolute Gasteiger partial charge is 0.345 e. The van der Waals surface area contributed by atoms with Gasteiger partial charge < -0.3 is 5.32 Å². The van der Waals surface area contributed by atoms with Crippen molar-refractivity contribution >= 4 is 17.5 Å². The Balaban J connectivity index is 2.51. The molecular formula is C14H17FN2O2. The summed E-state index contributed by atoms with van der Waals surface area (Å²) < 4.78 is 14.0. The van der Waals surface area contributed by atoms with Crippen LogP contribution in [0.2, 0.25) is 0 Å². The second kappa shape index (κ2) is 4.99. The summed E-state index contributed by atoms with van der Waals surface area (Å²) in [5.41, 5.74) is 1.02. The molecule has 0 aromatic heterocycles. The first-order valence-electron chi connectivity index (χ1n) is 6.27. The van der Waals surface area contributed by atoms with Crippen LogP contribution in [0, 0.1) is 18.7 Å². The first-order valence-corrected chi connectivity index (χ1v) is 6.27. The van der Waals surface area contributed by atoms with Crippen LogP contribution >= 0.6 is 0 Å². The molecule has 1 aromatic carbocycles. The van der Waals surface area contributed by atoms with Gasteiger partial charge in [-0.1, -0.05) is 19.9 Å². The first-order chi connectivity index (χ1) is 8.91. The van der Waals surface area contributed by atoms with Crippen molar-refractivity contribution < 1.29 is 14.0 Å². The predicted octanol–water partition coefficient (Wildman–Crippen LogP) is 1.62. The minimum absolute atomic E-state index is 0.0879. The topological polar surface area (TPSA) is 49.4 Å². The van der Waals surface area contributed by atoms with Crippen molar-refractivity contribution in [2.24, 2.45) is 5.92 Å². The van der Waals surface area contributed by atoms with Crippen molar-refractivity contribution in [3.05, 3.63) is 29.6 Å². The Hall–Kier alpha value is -1.91. The summed E-state index contributed by atoms with van der Waals surface area (Å²) in [5, 5.41) is 2.54. The zero-order chi connectivity index (χ0) is 14.2. The van der Waals surface area contributed by atoms with Gasteiger partial charge in [0.15, 0.2) is 0 Å². The average Bonchev–Trinajstić information content (AvgIpc) is 2.34. The van der Waals surface area contributed by atoms with Gasteiger partial charge in [-0.2, -0.15) is 0 Å². The van der Waals surface area contributed by atoms with Crippen LogP contribution in [0.25, 0.3) is 0 Å². The summed E-state index contributed by atoms with van der Waals surface area (Å²) in [7, 11) is 0. The molecule has 2 amide bonds. The van der Waals surface area contributed by atoms with Crippen LogP contribution in [0.5, 0.6) is 0 Å². The first kappa shape index (κ1) is 13.5. The maximum atomic E-state index is 14.0. The second-order valence-electron chi connectivity index (χ2n) is 5.13. The molecule has 0 bridgehead atoms. The van der Waals surface area contributed by atoms with Crippen LogP contribution in [0.1, 0.15) is 19.4 Å². The van der Waals surface area contributed by atoms with Crippen LogP contribution in [-0.4, -0.2) is 24.4 Å². The number of carbonyl (C=O) groups excluding carboxylic acids is 2. The maximum Gasteiger partial charge on any atom is 0.247 e. The van der Waals surface area contributed by atoms with Crippen molar-refractivity contribution in [1.29, 1.82) is 0 Å². The third kappa shape index (κ3) is 2.45. The number of hydrogen-bond donors (Lipinski definition) is 1. The van der Waals surface area contributed by atoms with E-state index in [4.69, 9.17) is 0 Å². The van der Waals surface area contributed by atoms with Gasteiger partial charge in [0, 0.05) is 0 Å². The number of anilines is 1. The van der Waals surface area contributed by atoms with Gasteiger partial charge in [-0.15, -0.1) is 0 Å². The fourth-order valence-electron chi connectivity index (χ4n) is 2.32. The van der Waals surface area contributed by atoms with Gasteiger partial charge in [-0.25, -0.2) is 4.39 Å². The van der Waals surface area contributed by atoms with E-state index in [-0.39, 0.29) is 30.0 Å².